The molecule has 2 amide bonds. The van der Waals surface area contributed by atoms with E-state index in [4.69, 9.17) is 0 Å². The highest BCUT2D eigenvalue weighted by atomic mass is 16.4. The number of aliphatic hydroxyl groups excluding tert-OH is 2. The van der Waals surface area contributed by atoms with Gasteiger partial charge in [0, 0.05) is 14.1 Å². The number of aliphatic hydroxyl groups is 3. The zero-order valence-electron chi connectivity index (χ0n) is 22.2. The third-order valence-electron chi connectivity index (χ3n) is 6.61. The molecule has 0 heterocycles. The van der Waals surface area contributed by atoms with Gasteiger partial charge in [-0.3, -0.25) is 24.0 Å². The van der Waals surface area contributed by atoms with E-state index in [1.54, 1.807) is 6.92 Å². The highest BCUT2D eigenvalue weighted by Gasteiger charge is 2.61. The summed E-state index contributed by atoms with van der Waals surface area (Å²) in [5, 5.41) is 42.3. The quantitative estimate of drug-likeness (QED) is 0.159. The van der Waals surface area contributed by atoms with Gasteiger partial charge in [0.1, 0.15) is 12.2 Å². The third-order valence-corrected chi connectivity index (χ3v) is 6.61. The number of carbonyl (C=O) groups is 6. The first-order valence-electron chi connectivity index (χ1n) is 11.5. The van der Waals surface area contributed by atoms with Gasteiger partial charge in [-0.1, -0.05) is 20.3 Å². The molecule has 0 spiro atoms. The summed E-state index contributed by atoms with van der Waals surface area (Å²) in [6.07, 6.45) is -3.32. The van der Waals surface area contributed by atoms with E-state index < -0.39 is 76.5 Å². The molecule has 0 aliphatic rings. The van der Waals surface area contributed by atoms with Crippen LogP contribution < -0.4 is 5.32 Å². The molecule has 0 aliphatic heterocycles. The van der Waals surface area contributed by atoms with Crippen molar-refractivity contribution in [1.29, 1.82) is 0 Å². The first-order chi connectivity index (χ1) is 16.3. The normalized spacial score (nSPS) is 18.9. The Hall–Kier alpha value is -2.74. The number of hydrogen-bond donors (Lipinski definition) is 5. The van der Waals surface area contributed by atoms with Crippen molar-refractivity contribution >= 4 is 35.1 Å². The first-order valence-corrected chi connectivity index (χ1v) is 11.5. The van der Waals surface area contributed by atoms with Crippen molar-refractivity contribution in [3.05, 3.63) is 0 Å². The Kier molecular flexibility index (Phi) is 11.5. The average molecular weight is 518 g/mol. The predicted octanol–water partition coefficient (Wildman–Crippen LogP) is -2.03. The smallest absolute Gasteiger partial charge is 0.343 e. The van der Waals surface area contributed by atoms with Crippen LogP contribution in [0.5, 0.6) is 0 Å². The molecule has 0 aliphatic carbocycles. The minimum Gasteiger partial charge on any atom is -0.479 e. The Labute approximate surface area is 210 Å². The number of Topliss-reactive ketones (excluding diaryl/α,β-unsaturated/α-hetero) is 3. The maximum Gasteiger partial charge on any atom is 0.343 e. The molecule has 36 heavy (non-hydrogen) atoms. The monoisotopic (exact) mass is 517 g/mol. The summed E-state index contributed by atoms with van der Waals surface area (Å²) in [5.41, 5.74) is -5.67. The number of nitrogens with one attached hydrogen (secondary N) is 1. The number of carboxylic acids is 1. The van der Waals surface area contributed by atoms with Crippen LogP contribution >= 0.6 is 0 Å². The molecule has 0 bridgehead atoms. The summed E-state index contributed by atoms with van der Waals surface area (Å²) >= 11 is 0. The molecule has 206 valence electrons. The van der Waals surface area contributed by atoms with Gasteiger partial charge < -0.3 is 35.5 Å². The minimum absolute atomic E-state index is 0.0929. The minimum atomic E-state index is -3.18. The Morgan fingerprint density at radius 1 is 0.861 bits per heavy atom. The van der Waals surface area contributed by atoms with Crippen LogP contribution in [-0.2, 0) is 28.8 Å². The highest BCUT2D eigenvalue weighted by molar-refractivity contribution is 6.27. The topological polar surface area (TPSA) is 202 Å². The van der Waals surface area contributed by atoms with Gasteiger partial charge in [0.25, 0.3) is 11.8 Å². The number of hydrogen-bond acceptors (Lipinski definition) is 10. The maximum atomic E-state index is 14.4. The van der Waals surface area contributed by atoms with Gasteiger partial charge in [0.2, 0.25) is 11.4 Å². The largest absolute Gasteiger partial charge is 0.479 e. The molecule has 13 nitrogen and oxygen atoms in total. The van der Waals surface area contributed by atoms with E-state index in [2.05, 4.69) is 5.32 Å². The molecule has 0 aromatic carbocycles. The summed E-state index contributed by atoms with van der Waals surface area (Å²) in [6.45, 7) is 7.18. The summed E-state index contributed by atoms with van der Waals surface area (Å²) in [7, 11) is 3.41. The van der Waals surface area contributed by atoms with Crippen molar-refractivity contribution < 1.29 is 49.2 Å². The fourth-order valence-corrected chi connectivity index (χ4v) is 3.95. The predicted molar refractivity (Wildman–Crippen MR) is 127 cm³/mol. The van der Waals surface area contributed by atoms with Crippen LogP contribution in [-0.4, -0.2) is 122 Å². The molecular formula is C23H39N3O10. The molecule has 0 saturated heterocycles. The van der Waals surface area contributed by atoms with E-state index in [1.165, 1.54) is 20.9 Å². The first kappa shape index (κ1) is 33.3. The third kappa shape index (κ3) is 5.97. The van der Waals surface area contributed by atoms with Gasteiger partial charge in [-0.2, -0.15) is 0 Å². The summed E-state index contributed by atoms with van der Waals surface area (Å²) in [5.74, 6) is -9.20. The van der Waals surface area contributed by atoms with Gasteiger partial charge in [-0.05, 0) is 40.7 Å². The molecule has 7 atom stereocenters. The molecule has 5 N–H and O–H groups in total. The number of amides is 2. The molecule has 0 radical (unpaired) electrons. The number of likely N-dealkylation sites (N-methyl/N-ethyl adjacent to an activating group) is 3. The SMILES string of the molecule is CC[C@@H](C)[C@](C(=O)C(C(=O)[C@](C)(O)C(=O)O)N(C)C(=O)[C@@H](C)O)(C(=O)[C@H](C)NC)N(C)C(=O)[C@@H](C)O. The van der Waals surface area contributed by atoms with Crippen molar-refractivity contribution in [1.82, 2.24) is 15.1 Å². The van der Waals surface area contributed by atoms with Crippen LogP contribution in [0.2, 0.25) is 0 Å². The standard InChI is InChI=1S/C23H39N3O10/c1-10-11(2)23(16(29)12(3)24-7,26(9)20(33)14(5)28)18(31)15(25(8)19(32)13(4)27)17(30)22(6,36)21(34)35/h11-15,24,27-28,36H,10H2,1-9H3,(H,34,35)/t11-,12+,13-,14-,15?,22+,23-/m1/s1. The lowest BCUT2D eigenvalue weighted by Gasteiger charge is -2.47. The van der Waals surface area contributed by atoms with Crippen LogP contribution in [0, 0.1) is 5.92 Å². The van der Waals surface area contributed by atoms with Gasteiger partial charge in [0.15, 0.2) is 23.1 Å². The van der Waals surface area contributed by atoms with E-state index in [1.807, 2.05) is 0 Å². The maximum absolute atomic E-state index is 14.4. The second-order valence-electron chi connectivity index (χ2n) is 9.16. The van der Waals surface area contributed by atoms with Gasteiger partial charge in [-0.15, -0.1) is 0 Å². The number of nitrogens with zero attached hydrogens (tertiary/aromatic N) is 2. The zero-order chi connectivity index (χ0) is 28.9. The fourth-order valence-electron chi connectivity index (χ4n) is 3.95. The van der Waals surface area contributed by atoms with Crippen LogP contribution in [0.15, 0.2) is 0 Å². The average Bonchev–Trinajstić information content (AvgIpc) is 2.81. The summed E-state index contributed by atoms with van der Waals surface area (Å²) < 4.78 is 0. The molecule has 0 rings (SSSR count). The molecule has 0 saturated carbocycles. The van der Waals surface area contributed by atoms with Gasteiger partial charge in [-0.25, -0.2) is 4.79 Å². The Bertz CT molecular complexity index is 885. The molecule has 13 heteroatoms. The van der Waals surface area contributed by atoms with Crippen molar-refractivity contribution in [2.24, 2.45) is 5.92 Å². The lowest BCUT2D eigenvalue weighted by molar-refractivity contribution is -0.172. The Morgan fingerprint density at radius 2 is 1.31 bits per heavy atom. The fraction of sp³-hybridized carbons (Fsp3) is 0.739. The Balaban J connectivity index is 7.67. The summed E-state index contributed by atoms with van der Waals surface area (Å²) in [6, 6.07) is -3.48. The molecule has 0 aromatic heterocycles. The number of rotatable bonds is 14. The van der Waals surface area contributed by atoms with Crippen molar-refractivity contribution in [3.8, 4) is 0 Å². The Morgan fingerprint density at radius 3 is 1.64 bits per heavy atom. The molecule has 1 unspecified atom stereocenters. The second-order valence-corrected chi connectivity index (χ2v) is 9.16. The van der Waals surface area contributed by atoms with Crippen molar-refractivity contribution in [2.75, 3.05) is 21.1 Å². The molecule has 0 aromatic rings. The number of carbonyl (C=O) groups excluding carboxylic acids is 5. The van der Waals surface area contributed by atoms with Crippen LogP contribution in [0.4, 0.5) is 0 Å². The number of ketones is 3. The van der Waals surface area contributed by atoms with E-state index in [0.29, 0.717) is 16.7 Å². The lowest BCUT2D eigenvalue weighted by atomic mass is 9.69. The summed E-state index contributed by atoms with van der Waals surface area (Å²) in [4.78, 5) is 79.9. The van der Waals surface area contributed by atoms with Crippen LogP contribution in [0.25, 0.3) is 0 Å². The number of carboxylic acid groups (broad SMARTS) is 1. The van der Waals surface area contributed by atoms with E-state index in [9.17, 15) is 49.2 Å². The molecule has 0 fully saturated rings. The van der Waals surface area contributed by atoms with Gasteiger partial charge in [0.05, 0.1) is 6.04 Å². The van der Waals surface area contributed by atoms with Crippen LogP contribution in [0.3, 0.4) is 0 Å². The van der Waals surface area contributed by atoms with Crippen molar-refractivity contribution in [3.63, 3.8) is 0 Å². The van der Waals surface area contributed by atoms with E-state index >= 15 is 0 Å². The lowest BCUT2D eigenvalue weighted by Crippen LogP contribution is -2.73. The van der Waals surface area contributed by atoms with E-state index in [0.717, 1.165) is 27.9 Å². The molecular weight excluding hydrogens is 478 g/mol. The van der Waals surface area contributed by atoms with E-state index in [-0.39, 0.29) is 6.42 Å². The van der Waals surface area contributed by atoms with Crippen LogP contribution in [0.1, 0.15) is 48.0 Å². The zero-order valence-corrected chi connectivity index (χ0v) is 22.2. The highest BCUT2D eigenvalue weighted by Crippen LogP contribution is 2.34. The number of aliphatic carboxylic acids is 1. The van der Waals surface area contributed by atoms with Crippen molar-refractivity contribution in [2.45, 2.75) is 83.4 Å². The second kappa shape index (κ2) is 12.5. The van der Waals surface area contributed by atoms with Gasteiger partial charge >= 0.3 is 5.97 Å².